The summed E-state index contributed by atoms with van der Waals surface area (Å²) in [5, 5.41) is 7.21. The molecule has 0 aliphatic heterocycles. The van der Waals surface area contributed by atoms with Gasteiger partial charge in [-0.15, -0.1) is 0 Å². The van der Waals surface area contributed by atoms with Crippen LogP contribution in [0.15, 0.2) is 71.3 Å². The van der Waals surface area contributed by atoms with Crippen molar-refractivity contribution in [3.05, 3.63) is 88.0 Å². The van der Waals surface area contributed by atoms with Gasteiger partial charge in [0.15, 0.2) is 0 Å². The van der Waals surface area contributed by atoms with Crippen LogP contribution >= 0.6 is 15.9 Å². The Kier molecular flexibility index (Phi) is 4.25. The Morgan fingerprint density at radius 1 is 0.793 bits per heavy atom. The Bertz CT molecular complexity index is 1380. The number of nitrogens with zero attached hydrogens (tertiary/aromatic N) is 3. The Labute approximate surface area is 178 Å². The summed E-state index contributed by atoms with van der Waals surface area (Å²) in [6, 6.07) is 21.2. The Morgan fingerprint density at radius 3 is 2.34 bits per heavy atom. The van der Waals surface area contributed by atoms with Gasteiger partial charge in [0.25, 0.3) is 0 Å². The van der Waals surface area contributed by atoms with E-state index in [0.717, 1.165) is 43.2 Å². The first-order valence-electron chi connectivity index (χ1n) is 9.63. The van der Waals surface area contributed by atoms with Gasteiger partial charge in [0.1, 0.15) is 5.69 Å². The minimum absolute atomic E-state index is 0.951. The maximum Gasteiger partial charge on any atom is 0.102 e. The molecule has 2 heterocycles. The lowest BCUT2D eigenvalue weighted by Crippen LogP contribution is -1.98. The van der Waals surface area contributed by atoms with E-state index in [0.29, 0.717) is 0 Å². The lowest BCUT2D eigenvalue weighted by atomic mass is 10.1. The summed E-state index contributed by atoms with van der Waals surface area (Å²) in [5.74, 6) is 0. The van der Waals surface area contributed by atoms with Crippen molar-refractivity contribution in [3.8, 4) is 16.9 Å². The Balaban J connectivity index is 1.90. The highest BCUT2D eigenvalue weighted by Gasteiger charge is 2.17. The van der Waals surface area contributed by atoms with Gasteiger partial charge in [-0.1, -0.05) is 51.8 Å². The molecule has 3 aromatic carbocycles. The second-order valence-electron chi connectivity index (χ2n) is 7.58. The number of rotatable bonds is 2. The lowest BCUT2D eigenvalue weighted by molar-refractivity contribution is 0.915. The normalized spacial score (nSPS) is 11.4. The van der Waals surface area contributed by atoms with Crippen LogP contribution in [0.4, 0.5) is 0 Å². The zero-order valence-electron chi connectivity index (χ0n) is 16.6. The third-order valence-electron chi connectivity index (χ3n) is 5.53. The second-order valence-corrected chi connectivity index (χ2v) is 8.49. The van der Waals surface area contributed by atoms with E-state index in [1.54, 1.807) is 0 Å². The summed E-state index contributed by atoms with van der Waals surface area (Å²) >= 11 is 3.62. The van der Waals surface area contributed by atoms with Gasteiger partial charge < -0.3 is 0 Å². The van der Waals surface area contributed by atoms with Crippen LogP contribution in [0.3, 0.4) is 0 Å². The molecular formula is C25H20BrN3. The number of aryl methyl sites for hydroxylation is 3. The van der Waals surface area contributed by atoms with Gasteiger partial charge >= 0.3 is 0 Å². The third kappa shape index (κ3) is 3.04. The van der Waals surface area contributed by atoms with E-state index in [2.05, 4.69) is 89.9 Å². The molecule has 0 aliphatic rings. The third-order valence-corrected chi connectivity index (χ3v) is 6.02. The van der Waals surface area contributed by atoms with Crippen LogP contribution in [0.1, 0.15) is 16.7 Å². The molecule has 3 nitrogen and oxygen atoms in total. The molecule has 0 bridgehead atoms. The minimum Gasteiger partial charge on any atom is -0.255 e. The maximum absolute atomic E-state index is 5.07. The summed E-state index contributed by atoms with van der Waals surface area (Å²) in [6.07, 6.45) is 1.95. The van der Waals surface area contributed by atoms with Gasteiger partial charge in [-0.2, -0.15) is 5.10 Å². The second kappa shape index (κ2) is 6.82. The number of aromatic nitrogens is 3. The molecule has 0 aliphatic carbocycles. The summed E-state index contributed by atoms with van der Waals surface area (Å²) in [7, 11) is 0. The molecule has 0 spiro atoms. The van der Waals surface area contributed by atoms with E-state index in [4.69, 9.17) is 10.1 Å². The van der Waals surface area contributed by atoms with Crippen molar-refractivity contribution >= 4 is 37.7 Å². The highest BCUT2D eigenvalue weighted by Crippen LogP contribution is 2.35. The molecule has 2 aromatic heterocycles. The van der Waals surface area contributed by atoms with Gasteiger partial charge in [0, 0.05) is 27.0 Å². The van der Waals surface area contributed by atoms with E-state index < -0.39 is 0 Å². The van der Waals surface area contributed by atoms with Gasteiger partial charge in [-0.05, 0) is 62.2 Å². The zero-order chi connectivity index (χ0) is 20.1. The minimum atomic E-state index is 0.951. The van der Waals surface area contributed by atoms with E-state index in [1.165, 1.54) is 16.7 Å². The smallest absolute Gasteiger partial charge is 0.102 e. The van der Waals surface area contributed by atoms with Gasteiger partial charge in [-0.3, -0.25) is 4.98 Å². The molecule has 0 amide bonds. The van der Waals surface area contributed by atoms with E-state index in [1.807, 2.05) is 18.3 Å². The predicted octanol–water partition coefficient (Wildman–Crippen LogP) is 6.93. The molecule has 5 rings (SSSR count). The first kappa shape index (κ1) is 18.1. The van der Waals surface area contributed by atoms with Crippen molar-refractivity contribution < 1.29 is 0 Å². The number of pyridine rings is 1. The zero-order valence-corrected chi connectivity index (χ0v) is 18.2. The molecule has 0 radical (unpaired) electrons. The average molecular weight is 442 g/mol. The van der Waals surface area contributed by atoms with E-state index >= 15 is 0 Å². The summed E-state index contributed by atoms with van der Waals surface area (Å²) < 4.78 is 3.09. The predicted molar refractivity (Wildman–Crippen MR) is 124 cm³/mol. The number of fused-ring (bicyclic) bond motifs is 3. The van der Waals surface area contributed by atoms with Crippen LogP contribution in [0.5, 0.6) is 0 Å². The summed E-state index contributed by atoms with van der Waals surface area (Å²) in [5.41, 5.74) is 8.91. The molecule has 4 heteroatoms. The molecule has 0 N–H and O–H groups in total. The fourth-order valence-electron chi connectivity index (χ4n) is 3.73. The summed E-state index contributed by atoms with van der Waals surface area (Å²) in [6.45, 7) is 6.37. The largest absolute Gasteiger partial charge is 0.255 e. The van der Waals surface area contributed by atoms with Crippen molar-refractivity contribution in [2.24, 2.45) is 0 Å². The molecule has 29 heavy (non-hydrogen) atoms. The SMILES string of the molecule is Cc1ccc(-c2nn(-c3ccc(C)c(C)c3)c3c2cnc2ccc(Br)cc23)cc1. The average Bonchev–Trinajstić information content (AvgIpc) is 3.11. The van der Waals surface area contributed by atoms with Crippen LogP contribution < -0.4 is 0 Å². The van der Waals surface area contributed by atoms with Crippen LogP contribution in [0, 0.1) is 20.8 Å². The van der Waals surface area contributed by atoms with Crippen LogP contribution in [-0.4, -0.2) is 14.8 Å². The number of benzene rings is 3. The molecule has 0 saturated carbocycles. The number of hydrogen-bond acceptors (Lipinski definition) is 2. The van der Waals surface area contributed by atoms with Crippen molar-refractivity contribution in [2.75, 3.05) is 0 Å². The molecule has 5 aromatic rings. The van der Waals surface area contributed by atoms with Crippen molar-refractivity contribution in [3.63, 3.8) is 0 Å². The quantitative estimate of drug-likeness (QED) is 0.297. The first-order chi connectivity index (χ1) is 14.0. The first-order valence-corrected chi connectivity index (χ1v) is 10.4. The van der Waals surface area contributed by atoms with Crippen molar-refractivity contribution in [1.82, 2.24) is 14.8 Å². The standard InChI is InChI=1S/C25H20BrN3/c1-15-4-7-18(8-5-15)24-22-14-27-23-11-9-19(26)13-21(23)25(22)29(28-24)20-10-6-16(2)17(3)12-20/h4-14H,1-3H3. The van der Waals surface area contributed by atoms with Gasteiger partial charge in [0.2, 0.25) is 0 Å². The highest BCUT2D eigenvalue weighted by molar-refractivity contribution is 9.10. The van der Waals surface area contributed by atoms with Crippen LogP contribution in [0.25, 0.3) is 38.8 Å². The highest BCUT2D eigenvalue weighted by atomic mass is 79.9. The summed E-state index contributed by atoms with van der Waals surface area (Å²) in [4.78, 5) is 4.72. The molecule has 0 fully saturated rings. The fourth-order valence-corrected chi connectivity index (χ4v) is 4.09. The number of halogens is 1. The molecule has 142 valence electrons. The monoisotopic (exact) mass is 441 g/mol. The van der Waals surface area contributed by atoms with Crippen LogP contribution in [-0.2, 0) is 0 Å². The van der Waals surface area contributed by atoms with Gasteiger partial charge in [-0.25, -0.2) is 4.68 Å². The molecular weight excluding hydrogens is 422 g/mol. The number of hydrogen-bond donors (Lipinski definition) is 0. The van der Waals surface area contributed by atoms with Crippen molar-refractivity contribution in [2.45, 2.75) is 20.8 Å². The van der Waals surface area contributed by atoms with E-state index in [9.17, 15) is 0 Å². The topological polar surface area (TPSA) is 30.7 Å². The molecule has 0 atom stereocenters. The lowest BCUT2D eigenvalue weighted by Gasteiger charge is -2.08. The van der Waals surface area contributed by atoms with E-state index in [-0.39, 0.29) is 0 Å². The molecule has 0 saturated heterocycles. The Hall–Kier alpha value is -2.98. The van der Waals surface area contributed by atoms with Crippen molar-refractivity contribution in [1.29, 1.82) is 0 Å². The van der Waals surface area contributed by atoms with Gasteiger partial charge in [0.05, 0.1) is 16.7 Å². The van der Waals surface area contributed by atoms with Crippen LogP contribution in [0.2, 0.25) is 0 Å². The molecule has 0 unspecified atom stereocenters. The maximum atomic E-state index is 5.07. The Morgan fingerprint density at radius 2 is 1.59 bits per heavy atom. The fraction of sp³-hybridized carbons (Fsp3) is 0.120.